The summed E-state index contributed by atoms with van der Waals surface area (Å²) in [5.41, 5.74) is 6.29. The van der Waals surface area contributed by atoms with Crippen molar-refractivity contribution in [2.45, 2.75) is 13.0 Å². The molecular formula is C14H23N3O2. The average molecular weight is 265 g/mol. The maximum absolute atomic E-state index is 11.5. The summed E-state index contributed by atoms with van der Waals surface area (Å²) in [6.07, 6.45) is 0. The van der Waals surface area contributed by atoms with Crippen LogP contribution in [0.2, 0.25) is 0 Å². The van der Waals surface area contributed by atoms with Crippen molar-refractivity contribution in [3.63, 3.8) is 0 Å². The van der Waals surface area contributed by atoms with E-state index < -0.39 is 6.04 Å². The molecule has 1 amide bonds. The summed E-state index contributed by atoms with van der Waals surface area (Å²) in [6, 6.07) is 6.97. The predicted molar refractivity (Wildman–Crippen MR) is 76.1 cm³/mol. The largest absolute Gasteiger partial charge is 0.494 e. The number of likely N-dealkylation sites (N-methyl/N-ethyl adjacent to an activating group) is 1. The normalized spacial score (nSPS) is 12.4. The number of hydrogen-bond donors (Lipinski definition) is 2. The van der Waals surface area contributed by atoms with Gasteiger partial charge in [0.1, 0.15) is 11.8 Å². The van der Waals surface area contributed by atoms with Crippen LogP contribution in [0.1, 0.15) is 18.5 Å². The Morgan fingerprint density at radius 3 is 2.47 bits per heavy atom. The van der Waals surface area contributed by atoms with Crippen LogP contribution in [0, 0.1) is 0 Å². The van der Waals surface area contributed by atoms with E-state index in [2.05, 4.69) is 5.32 Å². The molecule has 1 aromatic carbocycles. The molecule has 0 aliphatic rings. The van der Waals surface area contributed by atoms with Crippen molar-refractivity contribution in [2.24, 2.45) is 5.73 Å². The summed E-state index contributed by atoms with van der Waals surface area (Å²) >= 11 is 0. The van der Waals surface area contributed by atoms with Crippen molar-refractivity contribution in [1.29, 1.82) is 0 Å². The van der Waals surface area contributed by atoms with Gasteiger partial charge in [-0.05, 0) is 38.7 Å². The first-order valence-electron chi connectivity index (χ1n) is 6.44. The van der Waals surface area contributed by atoms with E-state index in [1.807, 2.05) is 50.2 Å². The van der Waals surface area contributed by atoms with E-state index in [1.165, 1.54) is 0 Å². The first-order valence-corrected chi connectivity index (χ1v) is 6.44. The van der Waals surface area contributed by atoms with Crippen molar-refractivity contribution in [1.82, 2.24) is 10.2 Å². The molecule has 1 rings (SSSR count). The third-order valence-electron chi connectivity index (χ3n) is 2.72. The molecule has 106 valence electrons. The quantitative estimate of drug-likeness (QED) is 0.728. The van der Waals surface area contributed by atoms with E-state index in [-0.39, 0.29) is 5.91 Å². The third kappa shape index (κ3) is 5.28. The van der Waals surface area contributed by atoms with E-state index >= 15 is 0 Å². The monoisotopic (exact) mass is 265 g/mol. The smallest absolute Gasteiger partial charge is 0.239 e. The highest BCUT2D eigenvalue weighted by molar-refractivity contribution is 5.81. The fraction of sp³-hybridized carbons (Fsp3) is 0.500. The maximum Gasteiger partial charge on any atom is 0.239 e. The second kappa shape index (κ2) is 7.76. The molecule has 0 bridgehead atoms. The minimum Gasteiger partial charge on any atom is -0.494 e. The number of nitrogens with two attached hydrogens (primary N) is 1. The highest BCUT2D eigenvalue weighted by atomic mass is 16.5. The van der Waals surface area contributed by atoms with E-state index in [1.54, 1.807) is 0 Å². The summed E-state index contributed by atoms with van der Waals surface area (Å²) in [5.74, 6) is 0.422. The molecule has 5 heteroatoms. The number of primary amides is 1. The van der Waals surface area contributed by atoms with Crippen LogP contribution in [-0.4, -0.2) is 44.6 Å². The molecule has 0 spiro atoms. The Morgan fingerprint density at radius 2 is 2.00 bits per heavy atom. The van der Waals surface area contributed by atoms with Gasteiger partial charge in [0, 0.05) is 13.1 Å². The molecule has 0 fully saturated rings. The van der Waals surface area contributed by atoms with Gasteiger partial charge < -0.3 is 20.7 Å². The number of ether oxygens (including phenoxy) is 1. The van der Waals surface area contributed by atoms with Crippen LogP contribution >= 0.6 is 0 Å². The first-order chi connectivity index (χ1) is 9.04. The van der Waals surface area contributed by atoms with Crippen molar-refractivity contribution in [3.05, 3.63) is 29.8 Å². The van der Waals surface area contributed by atoms with E-state index in [4.69, 9.17) is 10.5 Å². The Kier molecular flexibility index (Phi) is 6.32. The van der Waals surface area contributed by atoms with Gasteiger partial charge in [-0.2, -0.15) is 0 Å². The second-order valence-corrected chi connectivity index (χ2v) is 4.59. The van der Waals surface area contributed by atoms with Gasteiger partial charge in [-0.3, -0.25) is 4.79 Å². The molecule has 19 heavy (non-hydrogen) atoms. The molecule has 1 atom stereocenters. The molecule has 1 unspecified atom stereocenters. The fourth-order valence-corrected chi connectivity index (χ4v) is 1.74. The third-order valence-corrected chi connectivity index (χ3v) is 2.72. The van der Waals surface area contributed by atoms with Gasteiger partial charge in [0.25, 0.3) is 0 Å². The molecule has 0 radical (unpaired) electrons. The number of carbonyl (C=O) groups excluding carboxylic acids is 1. The van der Waals surface area contributed by atoms with Crippen molar-refractivity contribution in [3.8, 4) is 5.75 Å². The van der Waals surface area contributed by atoms with Crippen LogP contribution in [0.4, 0.5) is 0 Å². The highest BCUT2D eigenvalue weighted by Crippen LogP contribution is 2.17. The lowest BCUT2D eigenvalue weighted by Crippen LogP contribution is -2.37. The highest BCUT2D eigenvalue weighted by Gasteiger charge is 2.16. The number of carbonyl (C=O) groups is 1. The summed E-state index contributed by atoms with van der Waals surface area (Å²) in [5, 5.41) is 3.16. The molecule has 0 heterocycles. The Morgan fingerprint density at radius 1 is 1.37 bits per heavy atom. The SMILES string of the molecule is CCOc1ccc(C(NCCN(C)C)C(N)=O)cc1. The number of hydrogen-bond acceptors (Lipinski definition) is 4. The standard InChI is InChI=1S/C14H23N3O2/c1-4-19-12-7-5-11(6-8-12)13(14(15)18)16-9-10-17(2)3/h5-8,13,16H,4,9-10H2,1-3H3,(H2,15,18). The van der Waals surface area contributed by atoms with Gasteiger partial charge in [0.2, 0.25) is 5.91 Å². The molecule has 0 aromatic heterocycles. The summed E-state index contributed by atoms with van der Waals surface area (Å²) in [6.45, 7) is 4.11. The van der Waals surface area contributed by atoms with Gasteiger partial charge in [-0.15, -0.1) is 0 Å². The number of rotatable bonds is 8. The number of nitrogens with zero attached hydrogens (tertiary/aromatic N) is 1. The minimum atomic E-state index is -0.462. The van der Waals surface area contributed by atoms with Crippen molar-refractivity contribution < 1.29 is 9.53 Å². The zero-order valence-corrected chi connectivity index (χ0v) is 11.8. The van der Waals surface area contributed by atoms with Crippen LogP contribution in [0.15, 0.2) is 24.3 Å². The number of benzene rings is 1. The molecule has 0 aliphatic heterocycles. The molecule has 0 aliphatic carbocycles. The van der Waals surface area contributed by atoms with Gasteiger partial charge in [0.05, 0.1) is 6.61 Å². The number of amides is 1. The number of nitrogens with one attached hydrogen (secondary N) is 1. The van der Waals surface area contributed by atoms with Crippen LogP contribution in [0.5, 0.6) is 5.75 Å². The van der Waals surface area contributed by atoms with Crippen molar-refractivity contribution >= 4 is 5.91 Å². The van der Waals surface area contributed by atoms with Gasteiger partial charge in [0.15, 0.2) is 0 Å². The Labute approximate surface area is 114 Å². The lowest BCUT2D eigenvalue weighted by atomic mass is 10.1. The topological polar surface area (TPSA) is 67.6 Å². The summed E-state index contributed by atoms with van der Waals surface area (Å²) in [7, 11) is 3.97. The van der Waals surface area contributed by atoms with Crippen LogP contribution in [0.25, 0.3) is 0 Å². The average Bonchev–Trinajstić information content (AvgIpc) is 2.35. The van der Waals surface area contributed by atoms with Gasteiger partial charge in [-0.25, -0.2) is 0 Å². The molecular weight excluding hydrogens is 242 g/mol. The lowest BCUT2D eigenvalue weighted by Gasteiger charge is -2.18. The van der Waals surface area contributed by atoms with E-state index in [0.29, 0.717) is 13.2 Å². The summed E-state index contributed by atoms with van der Waals surface area (Å²) < 4.78 is 5.37. The zero-order chi connectivity index (χ0) is 14.3. The molecule has 1 aromatic rings. The predicted octanol–water partition coefficient (Wildman–Crippen LogP) is 0.763. The van der Waals surface area contributed by atoms with Crippen LogP contribution < -0.4 is 15.8 Å². The Balaban J connectivity index is 2.67. The van der Waals surface area contributed by atoms with Crippen LogP contribution in [0.3, 0.4) is 0 Å². The molecule has 0 saturated carbocycles. The minimum absolute atomic E-state index is 0.372. The van der Waals surface area contributed by atoms with Crippen LogP contribution in [-0.2, 0) is 4.79 Å². The van der Waals surface area contributed by atoms with Gasteiger partial charge >= 0.3 is 0 Å². The fourth-order valence-electron chi connectivity index (χ4n) is 1.74. The van der Waals surface area contributed by atoms with Crippen molar-refractivity contribution in [2.75, 3.05) is 33.8 Å². The summed E-state index contributed by atoms with van der Waals surface area (Å²) in [4.78, 5) is 13.5. The molecule has 5 nitrogen and oxygen atoms in total. The maximum atomic E-state index is 11.5. The first kappa shape index (κ1) is 15.5. The molecule has 3 N–H and O–H groups in total. The molecule has 0 saturated heterocycles. The lowest BCUT2D eigenvalue weighted by molar-refractivity contribution is -0.120. The zero-order valence-electron chi connectivity index (χ0n) is 11.8. The Hall–Kier alpha value is -1.59. The Bertz CT molecular complexity index is 390. The van der Waals surface area contributed by atoms with E-state index in [0.717, 1.165) is 17.9 Å². The second-order valence-electron chi connectivity index (χ2n) is 4.59. The van der Waals surface area contributed by atoms with Gasteiger partial charge in [-0.1, -0.05) is 12.1 Å². The van der Waals surface area contributed by atoms with E-state index in [9.17, 15) is 4.79 Å².